The molecule has 180 valence electrons. The van der Waals surface area contributed by atoms with Gasteiger partial charge in [-0.15, -0.1) is 0 Å². The van der Waals surface area contributed by atoms with Crippen molar-refractivity contribution in [2.24, 2.45) is 4.99 Å². The lowest BCUT2D eigenvalue weighted by molar-refractivity contribution is 0.466. The molecule has 0 spiro atoms. The Hall–Kier alpha value is -4.43. The van der Waals surface area contributed by atoms with Gasteiger partial charge in [-0.3, -0.25) is 4.99 Å². The Morgan fingerprint density at radius 1 is 0.514 bits per heavy atom. The summed E-state index contributed by atoms with van der Waals surface area (Å²) in [5, 5.41) is 11.4. The van der Waals surface area contributed by atoms with Crippen LogP contribution in [-0.4, -0.2) is 11.3 Å². The molecule has 0 atom stereocenters. The van der Waals surface area contributed by atoms with Crippen molar-refractivity contribution in [1.82, 2.24) is 0 Å². The van der Waals surface area contributed by atoms with Crippen LogP contribution in [0.5, 0.6) is 5.75 Å². The number of phenols is 1. The molecule has 5 aromatic rings. The first kappa shape index (κ1) is 23.0. The largest absolute Gasteiger partial charge is 0.507 e. The summed E-state index contributed by atoms with van der Waals surface area (Å²) in [5.41, 5.74) is 10.8. The lowest BCUT2D eigenvalue weighted by atomic mass is 9.92. The van der Waals surface area contributed by atoms with Crippen molar-refractivity contribution >= 4 is 11.9 Å². The molecule has 0 fully saturated rings. The monoisotopic (exact) mass is 479 g/mol. The third-order valence-electron chi connectivity index (χ3n) is 7.31. The summed E-state index contributed by atoms with van der Waals surface area (Å²) in [6.45, 7) is 0. The van der Waals surface area contributed by atoms with Crippen LogP contribution >= 0.6 is 0 Å². The number of para-hydroxylation sites is 1. The normalized spacial score (nSPS) is 13.0. The Labute approximate surface area is 218 Å². The number of nitrogens with zero attached hydrogens (tertiary/aromatic N) is 1. The van der Waals surface area contributed by atoms with E-state index in [0.29, 0.717) is 5.75 Å². The van der Waals surface area contributed by atoms with Crippen molar-refractivity contribution in [1.29, 1.82) is 0 Å². The fourth-order valence-electron chi connectivity index (χ4n) is 5.20. The molecule has 0 radical (unpaired) electrons. The standard InChI is InChI=1S/C35H29NO/c37-35-30-21-19-26-16-14-25(15-17-26)18-20-29(22-23-30)33(35)24-36-34-31(27-8-3-1-4-9-27)12-7-13-32(34)28-10-5-2-6-11-28/h1-17,22-24,37H,18-21H2. The van der Waals surface area contributed by atoms with E-state index in [4.69, 9.17) is 4.99 Å². The first-order valence-electron chi connectivity index (χ1n) is 13.0. The van der Waals surface area contributed by atoms with E-state index in [1.54, 1.807) is 0 Å². The maximum Gasteiger partial charge on any atom is 0.127 e. The van der Waals surface area contributed by atoms with E-state index in [2.05, 4.69) is 103 Å². The third-order valence-corrected chi connectivity index (χ3v) is 7.31. The van der Waals surface area contributed by atoms with Crippen LogP contribution in [0.25, 0.3) is 22.3 Å². The van der Waals surface area contributed by atoms with E-state index in [9.17, 15) is 5.11 Å². The Kier molecular flexibility index (Phi) is 6.39. The van der Waals surface area contributed by atoms with Gasteiger partial charge in [0, 0.05) is 22.9 Å². The van der Waals surface area contributed by atoms with E-state index in [1.807, 2.05) is 18.3 Å². The number of hydrogen-bond donors (Lipinski definition) is 1. The van der Waals surface area contributed by atoms with E-state index in [1.165, 1.54) is 11.1 Å². The molecule has 4 bridgehead atoms. The quantitative estimate of drug-likeness (QED) is 0.258. The molecule has 0 unspecified atom stereocenters. The van der Waals surface area contributed by atoms with E-state index >= 15 is 0 Å². The van der Waals surface area contributed by atoms with Gasteiger partial charge in [-0.1, -0.05) is 115 Å². The zero-order valence-electron chi connectivity index (χ0n) is 20.8. The molecule has 2 heteroatoms. The summed E-state index contributed by atoms with van der Waals surface area (Å²) in [4.78, 5) is 5.12. The summed E-state index contributed by atoms with van der Waals surface area (Å²) in [5.74, 6) is 0.356. The Morgan fingerprint density at radius 3 is 1.59 bits per heavy atom. The average molecular weight is 480 g/mol. The minimum Gasteiger partial charge on any atom is -0.507 e. The van der Waals surface area contributed by atoms with Crippen LogP contribution in [0.4, 0.5) is 5.69 Å². The molecule has 0 aliphatic heterocycles. The molecular formula is C35H29NO. The van der Waals surface area contributed by atoms with Crippen LogP contribution in [-0.2, 0) is 25.7 Å². The summed E-state index contributed by atoms with van der Waals surface area (Å²) in [6, 6.07) is 40.3. The summed E-state index contributed by atoms with van der Waals surface area (Å²) in [6.07, 6.45) is 5.35. The van der Waals surface area contributed by atoms with Crippen LogP contribution in [0.15, 0.2) is 120 Å². The van der Waals surface area contributed by atoms with Crippen molar-refractivity contribution in [3.8, 4) is 28.0 Å². The molecule has 2 nitrogen and oxygen atoms in total. The molecule has 0 saturated heterocycles. The molecule has 5 aromatic carbocycles. The minimum atomic E-state index is 0.356. The van der Waals surface area contributed by atoms with Gasteiger partial charge in [-0.2, -0.15) is 0 Å². The number of benzene rings is 5. The highest BCUT2D eigenvalue weighted by atomic mass is 16.3. The Balaban J connectivity index is 1.48. The highest BCUT2D eigenvalue weighted by Gasteiger charge is 2.15. The summed E-state index contributed by atoms with van der Waals surface area (Å²) < 4.78 is 0. The number of aromatic hydroxyl groups is 1. The van der Waals surface area contributed by atoms with Crippen LogP contribution in [0.3, 0.4) is 0 Å². The first-order chi connectivity index (χ1) is 18.3. The number of aliphatic imine (C=N–C) groups is 1. The number of aryl methyl sites for hydroxylation is 4. The van der Waals surface area contributed by atoms with Gasteiger partial charge in [0.05, 0.1) is 5.69 Å². The zero-order chi connectivity index (χ0) is 25.0. The number of rotatable bonds is 4. The molecule has 0 amide bonds. The van der Waals surface area contributed by atoms with Gasteiger partial charge in [0.15, 0.2) is 0 Å². The molecule has 0 aromatic heterocycles. The topological polar surface area (TPSA) is 32.6 Å². The second-order valence-electron chi connectivity index (χ2n) is 9.65. The molecule has 4 aliphatic carbocycles. The molecule has 4 aliphatic rings. The summed E-state index contributed by atoms with van der Waals surface area (Å²) >= 11 is 0. The zero-order valence-corrected chi connectivity index (χ0v) is 20.8. The molecule has 1 N–H and O–H groups in total. The SMILES string of the molecule is Oc1c2ccc(c1C=Nc1c(-c3ccccc3)cccc1-c1ccccc1)CCc1ccc(cc1)CC2. The Morgan fingerprint density at radius 2 is 1.03 bits per heavy atom. The number of phenolic OH excluding ortho intramolecular Hbond substituents is 1. The van der Waals surface area contributed by atoms with Gasteiger partial charge in [-0.25, -0.2) is 0 Å². The van der Waals surface area contributed by atoms with Gasteiger partial charge >= 0.3 is 0 Å². The molecule has 9 rings (SSSR count). The van der Waals surface area contributed by atoms with Gasteiger partial charge in [0.25, 0.3) is 0 Å². The van der Waals surface area contributed by atoms with Gasteiger partial charge in [-0.05, 0) is 59.1 Å². The predicted octanol–water partition coefficient (Wildman–Crippen LogP) is 8.36. The van der Waals surface area contributed by atoms with E-state index in [-0.39, 0.29) is 0 Å². The summed E-state index contributed by atoms with van der Waals surface area (Å²) in [7, 11) is 0. The maximum atomic E-state index is 11.4. The van der Waals surface area contributed by atoms with Gasteiger partial charge in [0.1, 0.15) is 5.75 Å². The minimum absolute atomic E-state index is 0.356. The fraction of sp³-hybridized carbons (Fsp3) is 0.114. The molecule has 37 heavy (non-hydrogen) atoms. The van der Waals surface area contributed by atoms with Gasteiger partial charge in [0.2, 0.25) is 0 Å². The highest BCUT2D eigenvalue weighted by molar-refractivity contribution is 5.95. The van der Waals surface area contributed by atoms with Crippen LogP contribution in [0.2, 0.25) is 0 Å². The molecule has 0 saturated carbocycles. The predicted molar refractivity (Wildman–Crippen MR) is 154 cm³/mol. The maximum absolute atomic E-state index is 11.4. The smallest absolute Gasteiger partial charge is 0.127 e. The lowest BCUT2D eigenvalue weighted by Crippen LogP contribution is -2.03. The molecular weight excluding hydrogens is 450 g/mol. The third kappa shape index (κ3) is 4.83. The fourth-order valence-corrected chi connectivity index (χ4v) is 5.20. The van der Waals surface area contributed by atoms with Crippen LogP contribution < -0.4 is 0 Å². The van der Waals surface area contributed by atoms with Crippen molar-refractivity contribution in [2.45, 2.75) is 25.7 Å². The van der Waals surface area contributed by atoms with E-state index < -0.39 is 0 Å². The lowest BCUT2D eigenvalue weighted by Gasteiger charge is -2.16. The van der Waals surface area contributed by atoms with Crippen LogP contribution in [0, 0.1) is 0 Å². The molecule has 0 heterocycles. The first-order valence-corrected chi connectivity index (χ1v) is 13.0. The number of hydrogen-bond acceptors (Lipinski definition) is 2. The van der Waals surface area contributed by atoms with Crippen molar-refractivity contribution in [3.63, 3.8) is 0 Å². The van der Waals surface area contributed by atoms with Gasteiger partial charge < -0.3 is 5.11 Å². The van der Waals surface area contributed by atoms with Crippen molar-refractivity contribution < 1.29 is 5.11 Å². The highest BCUT2D eigenvalue weighted by Crippen LogP contribution is 2.39. The Bertz CT molecular complexity index is 1490. The second-order valence-corrected chi connectivity index (χ2v) is 9.65. The second kappa shape index (κ2) is 10.3. The van der Waals surface area contributed by atoms with Crippen molar-refractivity contribution in [3.05, 3.63) is 143 Å². The van der Waals surface area contributed by atoms with Crippen molar-refractivity contribution in [2.75, 3.05) is 0 Å². The van der Waals surface area contributed by atoms with Crippen LogP contribution in [0.1, 0.15) is 27.8 Å². The average Bonchev–Trinajstić information content (AvgIpc) is 2.95. The van der Waals surface area contributed by atoms with E-state index in [0.717, 1.165) is 70.3 Å².